The molecular weight excluding hydrogens is 342 g/mol. The average molecular weight is 361 g/mol. The van der Waals surface area contributed by atoms with Crippen molar-refractivity contribution in [1.29, 1.82) is 0 Å². The van der Waals surface area contributed by atoms with Crippen molar-refractivity contribution in [3.63, 3.8) is 0 Å². The van der Waals surface area contributed by atoms with E-state index in [0.29, 0.717) is 5.82 Å². The molecule has 7 nitrogen and oxygen atoms in total. The number of rotatable bonds is 5. The Morgan fingerprint density at radius 2 is 2.00 bits per heavy atom. The van der Waals surface area contributed by atoms with Crippen LogP contribution < -0.4 is 10.1 Å². The van der Waals surface area contributed by atoms with Gasteiger partial charge in [0.05, 0.1) is 13.3 Å². The van der Waals surface area contributed by atoms with E-state index in [-0.39, 0.29) is 12.5 Å². The molecule has 0 aliphatic rings. The first-order chi connectivity index (χ1) is 13.1. The Balaban J connectivity index is 1.56. The fourth-order valence-corrected chi connectivity index (χ4v) is 3.06. The molecule has 0 aliphatic heterocycles. The summed E-state index contributed by atoms with van der Waals surface area (Å²) >= 11 is 0. The van der Waals surface area contributed by atoms with Gasteiger partial charge in [-0.2, -0.15) is 9.90 Å². The van der Waals surface area contributed by atoms with Gasteiger partial charge in [-0.25, -0.2) is 0 Å². The van der Waals surface area contributed by atoms with Crippen LogP contribution >= 0.6 is 0 Å². The second kappa shape index (κ2) is 6.95. The van der Waals surface area contributed by atoms with Crippen molar-refractivity contribution in [2.24, 2.45) is 7.05 Å². The van der Waals surface area contributed by atoms with Crippen LogP contribution in [0.5, 0.6) is 5.75 Å². The average Bonchev–Trinajstić information content (AvgIpc) is 3.27. The number of nitrogens with one attached hydrogen (secondary N) is 1. The van der Waals surface area contributed by atoms with Crippen molar-refractivity contribution in [2.75, 3.05) is 12.4 Å². The second-order valence-corrected chi connectivity index (χ2v) is 6.22. The van der Waals surface area contributed by atoms with Crippen molar-refractivity contribution in [3.05, 3.63) is 60.9 Å². The van der Waals surface area contributed by atoms with Crippen LogP contribution in [0, 0.1) is 0 Å². The largest absolute Gasteiger partial charge is 0.497 e. The van der Waals surface area contributed by atoms with Gasteiger partial charge in [-0.05, 0) is 41.5 Å². The smallest absolute Gasteiger partial charge is 0.245 e. The van der Waals surface area contributed by atoms with Gasteiger partial charge in [0.25, 0.3) is 0 Å². The Bertz CT molecular complexity index is 1110. The Morgan fingerprint density at radius 3 is 2.78 bits per heavy atom. The topological polar surface area (TPSA) is 74.0 Å². The molecule has 0 saturated carbocycles. The van der Waals surface area contributed by atoms with Gasteiger partial charge in [0.15, 0.2) is 5.82 Å². The summed E-state index contributed by atoms with van der Waals surface area (Å²) in [5.41, 5.74) is 3.18. The maximum atomic E-state index is 12.3. The first kappa shape index (κ1) is 16.8. The summed E-state index contributed by atoms with van der Waals surface area (Å²) in [5, 5.41) is 11.8. The molecule has 2 heterocycles. The summed E-state index contributed by atoms with van der Waals surface area (Å²) < 4.78 is 7.22. The number of aryl methyl sites for hydroxylation is 1. The van der Waals surface area contributed by atoms with Crippen LogP contribution in [0.4, 0.5) is 5.82 Å². The number of methoxy groups -OCH3 is 1. The van der Waals surface area contributed by atoms with Crippen molar-refractivity contribution < 1.29 is 9.53 Å². The number of nitrogens with zero attached hydrogens (tertiary/aromatic N) is 4. The Kier molecular flexibility index (Phi) is 4.33. The molecular formula is C20H19N5O2. The fraction of sp³-hybridized carbons (Fsp3) is 0.150. The summed E-state index contributed by atoms with van der Waals surface area (Å²) in [6.07, 6.45) is 3.43. The summed E-state index contributed by atoms with van der Waals surface area (Å²) in [6, 6.07) is 16.2. The Morgan fingerprint density at radius 1 is 1.15 bits per heavy atom. The molecule has 136 valence electrons. The molecule has 27 heavy (non-hydrogen) atoms. The third-order valence-corrected chi connectivity index (χ3v) is 4.36. The quantitative estimate of drug-likeness (QED) is 0.593. The van der Waals surface area contributed by atoms with Gasteiger partial charge >= 0.3 is 0 Å². The van der Waals surface area contributed by atoms with E-state index in [1.807, 2.05) is 47.2 Å². The van der Waals surface area contributed by atoms with E-state index in [9.17, 15) is 4.79 Å². The van der Waals surface area contributed by atoms with Gasteiger partial charge in [-0.15, -0.1) is 5.10 Å². The van der Waals surface area contributed by atoms with Gasteiger partial charge in [0.1, 0.15) is 12.3 Å². The fourth-order valence-electron chi connectivity index (χ4n) is 3.06. The first-order valence-electron chi connectivity index (χ1n) is 8.52. The highest BCUT2D eigenvalue weighted by Gasteiger charge is 2.09. The molecule has 7 heteroatoms. The van der Waals surface area contributed by atoms with Crippen LogP contribution in [0.3, 0.4) is 0 Å². The standard InChI is InChI=1S/C20H19N5O2/c1-24-21-12-19(23-24)22-20(26)13-25-9-8-16-10-15(6-7-18(16)25)14-4-3-5-17(11-14)27-2/h3-12H,13H2,1-2H3,(H,22,23,26). The van der Waals surface area contributed by atoms with E-state index in [1.165, 1.54) is 11.0 Å². The van der Waals surface area contributed by atoms with Crippen molar-refractivity contribution in [2.45, 2.75) is 6.54 Å². The SMILES string of the molecule is COc1cccc(-c2ccc3c(ccn3CC(=O)Nc3cnn(C)n3)c2)c1. The second-order valence-electron chi connectivity index (χ2n) is 6.22. The molecule has 4 aromatic rings. The van der Waals surface area contributed by atoms with Crippen LogP contribution in [0.25, 0.3) is 22.0 Å². The van der Waals surface area contributed by atoms with E-state index in [2.05, 4.69) is 27.6 Å². The van der Waals surface area contributed by atoms with Crippen molar-refractivity contribution in [3.8, 4) is 16.9 Å². The highest BCUT2D eigenvalue weighted by molar-refractivity contribution is 5.92. The first-order valence-corrected chi connectivity index (χ1v) is 8.52. The van der Waals surface area contributed by atoms with E-state index in [1.54, 1.807) is 14.2 Å². The van der Waals surface area contributed by atoms with Crippen molar-refractivity contribution in [1.82, 2.24) is 19.6 Å². The maximum absolute atomic E-state index is 12.3. The third kappa shape index (κ3) is 3.52. The third-order valence-electron chi connectivity index (χ3n) is 4.36. The molecule has 2 aromatic heterocycles. The number of aromatic nitrogens is 4. The van der Waals surface area contributed by atoms with E-state index in [4.69, 9.17) is 4.74 Å². The summed E-state index contributed by atoms with van der Waals surface area (Å²) in [4.78, 5) is 13.7. The van der Waals surface area contributed by atoms with E-state index < -0.39 is 0 Å². The molecule has 0 spiro atoms. The lowest BCUT2D eigenvalue weighted by atomic mass is 10.0. The molecule has 0 unspecified atom stereocenters. The minimum Gasteiger partial charge on any atom is -0.497 e. The summed E-state index contributed by atoms with van der Waals surface area (Å²) in [7, 11) is 3.36. The van der Waals surface area contributed by atoms with E-state index in [0.717, 1.165) is 27.8 Å². The maximum Gasteiger partial charge on any atom is 0.245 e. The lowest BCUT2D eigenvalue weighted by molar-refractivity contribution is -0.116. The Labute approximate surface area is 156 Å². The minimum atomic E-state index is -0.148. The lowest BCUT2D eigenvalue weighted by Gasteiger charge is -2.07. The zero-order valence-electron chi connectivity index (χ0n) is 15.1. The van der Waals surface area contributed by atoms with E-state index >= 15 is 0 Å². The molecule has 0 saturated heterocycles. The molecule has 0 aliphatic carbocycles. The molecule has 1 amide bonds. The van der Waals surface area contributed by atoms with Gasteiger partial charge in [-0.1, -0.05) is 18.2 Å². The molecule has 2 aromatic carbocycles. The number of carbonyl (C=O) groups excluding carboxylic acids is 1. The minimum absolute atomic E-state index is 0.148. The van der Waals surface area contributed by atoms with Gasteiger partial charge in [0, 0.05) is 24.1 Å². The lowest BCUT2D eigenvalue weighted by Crippen LogP contribution is -2.18. The zero-order valence-corrected chi connectivity index (χ0v) is 15.1. The summed E-state index contributed by atoms with van der Waals surface area (Å²) in [5.74, 6) is 1.12. The van der Waals surface area contributed by atoms with Crippen LogP contribution in [0.15, 0.2) is 60.9 Å². The van der Waals surface area contributed by atoms with Crippen LogP contribution in [0.2, 0.25) is 0 Å². The normalized spacial score (nSPS) is 10.9. The number of amides is 1. The zero-order chi connectivity index (χ0) is 18.8. The number of benzene rings is 2. The molecule has 0 fully saturated rings. The monoisotopic (exact) mass is 361 g/mol. The van der Waals surface area contributed by atoms with Crippen LogP contribution in [0.1, 0.15) is 0 Å². The predicted molar refractivity (Wildman–Crippen MR) is 104 cm³/mol. The molecule has 4 rings (SSSR count). The van der Waals surface area contributed by atoms with Crippen LogP contribution in [-0.2, 0) is 18.4 Å². The molecule has 0 atom stereocenters. The number of ether oxygens (including phenoxy) is 1. The van der Waals surface area contributed by atoms with Gasteiger partial charge in [-0.3, -0.25) is 4.79 Å². The van der Waals surface area contributed by atoms with Crippen molar-refractivity contribution >= 4 is 22.6 Å². The predicted octanol–water partition coefficient (Wildman–Crippen LogP) is 3.08. The van der Waals surface area contributed by atoms with Crippen LogP contribution in [-0.4, -0.2) is 32.6 Å². The molecule has 1 N–H and O–H groups in total. The number of hydrogen-bond donors (Lipinski definition) is 1. The number of hydrogen-bond acceptors (Lipinski definition) is 4. The Hall–Kier alpha value is -3.61. The van der Waals surface area contributed by atoms with Gasteiger partial charge in [0.2, 0.25) is 5.91 Å². The molecule has 0 radical (unpaired) electrons. The number of carbonyl (C=O) groups is 1. The summed E-state index contributed by atoms with van der Waals surface area (Å²) in [6.45, 7) is 0.207. The number of anilines is 1. The van der Waals surface area contributed by atoms with Gasteiger partial charge < -0.3 is 14.6 Å². The highest BCUT2D eigenvalue weighted by atomic mass is 16.5. The highest BCUT2D eigenvalue weighted by Crippen LogP contribution is 2.27. The number of fused-ring (bicyclic) bond motifs is 1. The molecule has 0 bridgehead atoms.